The molecule has 4 nitrogen and oxygen atoms in total. The summed E-state index contributed by atoms with van der Waals surface area (Å²) in [5.74, 6) is -0.149. The van der Waals surface area contributed by atoms with E-state index in [0.717, 1.165) is 25.7 Å². The fourth-order valence-corrected chi connectivity index (χ4v) is 2.69. The summed E-state index contributed by atoms with van der Waals surface area (Å²) in [4.78, 5) is 12.2. The van der Waals surface area contributed by atoms with Gasteiger partial charge in [0, 0.05) is 11.7 Å². The second-order valence-electron chi connectivity index (χ2n) is 5.48. The van der Waals surface area contributed by atoms with E-state index in [1.165, 1.54) is 17.2 Å². The zero-order valence-corrected chi connectivity index (χ0v) is 11.9. The Kier molecular flexibility index (Phi) is 4.73. The SMILES string of the molecule is Cc1cc(C(F)F)nn1C(C)C(=O)NC1CCCCC1. The van der Waals surface area contributed by atoms with Crippen molar-refractivity contribution < 1.29 is 13.6 Å². The molecule has 0 aromatic carbocycles. The molecular formula is C14H21F2N3O. The number of carbonyl (C=O) groups is 1. The van der Waals surface area contributed by atoms with E-state index in [1.54, 1.807) is 13.8 Å². The van der Waals surface area contributed by atoms with Crippen molar-refractivity contribution in [3.63, 3.8) is 0 Å². The molecule has 1 aliphatic rings. The third kappa shape index (κ3) is 3.35. The number of amides is 1. The van der Waals surface area contributed by atoms with Gasteiger partial charge in [-0.05, 0) is 32.8 Å². The minimum atomic E-state index is -2.61. The summed E-state index contributed by atoms with van der Waals surface area (Å²) in [5.41, 5.74) is 0.298. The van der Waals surface area contributed by atoms with Crippen molar-refractivity contribution in [3.8, 4) is 0 Å². The van der Waals surface area contributed by atoms with Crippen LogP contribution in [0.1, 0.15) is 62.9 Å². The molecule has 0 radical (unpaired) electrons. The van der Waals surface area contributed by atoms with Gasteiger partial charge in [-0.1, -0.05) is 19.3 Å². The van der Waals surface area contributed by atoms with Crippen LogP contribution in [0.3, 0.4) is 0 Å². The summed E-state index contributed by atoms with van der Waals surface area (Å²) in [6, 6.07) is 0.975. The molecule has 1 aliphatic carbocycles. The van der Waals surface area contributed by atoms with Crippen LogP contribution in [0.5, 0.6) is 0 Å². The maximum Gasteiger partial charge on any atom is 0.282 e. The van der Waals surface area contributed by atoms with Crippen molar-refractivity contribution >= 4 is 5.91 Å². The Hall–Kier alpha value is -1.46. The number of carbonyl (C=O) groups excluding carboxylic acids is 1. The number of rotatable bonds is 4. The van der Waals surface area contributed by atoms with Gasteiger partial charge in [-0.2, -0.15) is 5.10 Å². The van der Waals surface area contributed by atoms with Crippen molar-refractivity contribution in [3.05, 3.63) is 17.5 Å². The number of hydrogen-bond donors (Lipinski definition) is 1. The molecule has 6 heteroatoms. The highest BCUT2D eigenvalue weighted by molar-refractivity contribution is 5.80. The Morgan fingerprint density at radius 2 is 2.05 bits per heavy atom. The van der Waals surface area contributed by atoms with Crippen LogP contribution in [-0.2, 0) is 4.79 Å². The van der Waals surface area contributed by atoms with Crippen molar-refractivity contribution in [1.29, 1.82) is 0 Å². The Labute approximate surface area is 117 Å². The van der Waals surface area contributed by atoms with E-state index in [4.69, 9.17) is 0 Å². The molecule has 0 aliphatic heterocycles. The van der Waals surface area contributed by atoms with Crippen LogP contribution < -0.4 is 5.32 Å². The molecule has 1 heterocycles. The number of aromatic nitrogens is 2. The third-order valence-electron chi connectivity index (χ3n) is 3.86. The Morgan fingerprint density at radius 1 is 1.40 bits per heavy atom. The smallest absolute Gasteiger partial charge is 0.282 e. The van der Waals surface area contributed by atoms with Crippen molar-refractivity contribution in [1.82, 2.24) is 15.1 Å². The largest absolute Gasteiger partial charge is 0.352 e. The fourth-order valence-electron chi connectivity index (χ4n) is 2.69. The number of hydrogen-bond acceptors (Lipinski definition) is 2. The van der Waals surface area contributed by atoms with Gasteiger partial charge in [-0.15, -0.1) is 0 Å². The number of nitrogens with one attached hydrogen (secondary N) is 1. The average Bonchev–Trinajstić information content (AvgIpc) is 2.81. The predicted molar refractivity (Wildman–Crippen MR) is 71.6 cm³/mol. The molecule has 0 bridgehead atoms. The van der Waals surface area contributed by atoms with Gasteiger partial charge in [-0.25, -0.2) is 8.78 Å². The average molecular weight is 285 g/mol. The first kappa shape index (κ1) is 14.9. The zero-order valence-electron chi connectivity index (χ0n) is 11.9. The number of aryl methyl sites for hydroxylation is 1. The molecule has 1 atom stereocenters. The quantitative estimate of drug-likeness (QED) is 0.923. The van der Waals surface area contributed by atoms with E-state index in [2.05, 4.69) is 10.4 Å². The van der Waals surface area contributed by atoms with Crippen molar-refractivity contribution in [2.75, 3.05) is 0 Å². The summed E-state index contributed by atoms with van der Waals surface area (Å²) in [6.45, 7) is 3.37. The van der Waals surface area contributed by atoms with E-state index in [1.807, 2.05) is 0 Å². The molecule has 1 aromatic rings. The minimum Gasteiger partial charge on any atom is -0.352 e. The lowest BCUT2D eigenvalue weighted by Gasteiger charge is -2.24. The predicted octanol–water partition coefficient (Wildman–Crippen LogP) is 3.14. The Balaban J connectivity index is 2.02. The zero-order chi connectivity index (χ0) is 14.7. The van der Waals surface area contributed by atoms with Crippen LogP contribution in [0.2, 0.25) is 0 Å². The Bertz CT molecular complexity index is 467. The molecule has 1 saturated carbocycles. The Morgan fingerprint density at radius 3 is 2.60 bits per heavy atom. The number of halogens is 2. The summed E-state index contributed by atoms with van der Waals surface area (Å²) < 4.78 is 26.6. The van der Waals surface area contributed by atoms with Gasteiger partial charge < -0.3 is 5.32 Å². The first-order valence-electron chi connectivity index (χ1n) is 7.13. The molecule has 2 rings (SSSR count). The lowest BCUT2D eigenvalue weighted by molar-refractivity contribution is -0.125. The molecular weight excluding hydrogens is 264 g/mol. The van der Waals surface area contributed by atoms with Gasteiger partial charge >= 0.3 is 0 Å². The van der Waals surface area contributed by atoms with Gasteiger partial charge in [0.25, 0.3) is 6.43 Å². The monoisotopic (exact) mass is 285 g/mol. The topological polar surface area (TPSA) is 46.9 Å². The summed E-state index contributed by atoms with van der Waals surface area (Å²) >= 11 is 0. The molecule has 1 unspecified atom stereocenters. The molecule has 0 spiro atoms. The van der Waals surface area contributed by atoms with Crippen LogP contribution >= 0.6 is 0 Å². The molecule has 20 heavy (non-hydrogen) atoms. The fraction of sp³-hybridized carbons (Fsp3) is 0.714. The van der Waals surface area contributed by atoms with Crippen LogP contribution in [0.15, 0.2) is 6.07 Å². The number of nitrogens with zero attached hydrogens (tertiary/aromatic N) is 2. The summed E-state index contributed by atoms with van der Waals surface area (Å²) in [5, 5.41) is 6.82. The first-order valence-corrected chi connectivity index (χ1v) is 7.13. The van der Waals surface area contributed by atoms with Crippen molar-refractivity contribution in [2.24, 2.45) is 0 Å². The first-order chi connectivity index (χ1) is 9.49. The molecule has 1 aromatic heterocycles. The normalized spacial score (nSPS) is 18.2. The van der Waals surface area contributed by atoms with E-state index in [0.29, 0.717) is 5.69 Å². The molecule has 1 amide bonds. The molecule has 1 fully saturated rings. The second kappa shape index (κ2) is 6.33. The highest BCUT2D eigenvalue weighted by Crippen LogP contribution is 2.21. The summed E-state index contributed by atoms with van der Waals surface area (Å²) in [6.07, 6.45) is 2.88. The van der Waals surface area contributed by atoms with Crippen LogP contribution in [-0.4, -0.2) is 21.7 Å². The maximum atomic E-state index is 12.6. The van der Waals surface area contributed by atoms with E-state index in [-0.39, 0.29) is 17.6 Å². The lowest BCUT2D eigenvalue weighted by atomic mass is 9.95. The van der Waals surface area contributed by atoms with Crippen LogP contribution in [0.4, 0.5) is 8.78 Å². The standard InChI is InChI=1S/C14H21F2N3O/c1-9-8-12(13(15)16)18-19(9)10(2)14(20)17-11-6-4-3-5-7-11/h8,10-11,13H,3-7H2,1-2H3,(H,17,20). The summed E-state index contributed by atoms with van der Waals surface area (Å²) in [7, 11) is 0. The maximum absolute atomic E-state index is 12.6. The van der Waals surface area contributed by atoms with E-state index in [9.17, 15) is 13.6 Å². The second-order valence-corrected chi connectivity index (χ2v) is 5.48. The highest BCUT2D eigenvalue weighted by atomic mass is 19.3. The molecule has 112 valence electrons. The van der Waals surface area contributed by atoms with Gasteiger partial charge in [0.15, 0.2) is 0 Å². The van der Waals surface area contributed by atoms with Crippen LogP contribution in [0.25, 0.3) is 0 Å². The highest BCUT2D eigenvalue weighted by Gasteiger charge is 2.23. The minimum absolute atomic E-state index is 0.149. The molecule has 1 N–H and O–H groups in total. The van der Waals surface area contributed by atoms with Crippen molar-refractivity contribution in [2.45, 2.75) is 64.5 Å². The molecule has 0 saturated heterocycles. The van der Waals surface area contributed by atoms with Gasteiger partial charge in [0.2, 0.25) is 5.91 Å². The van der Waals surface area contributed by atoms with E-state index >= 15 is 0 Å². The lowest BCUT2D eigenvalue weighted by Crippen LogP contribution is -2.40. The van der Waals surface area contributed by atoms with Gasteiger partial charge in [0.1, 0.15) is 11.7 Å². The number of alkyl halides is 2. The van der Waals surface area contributed by atoms with Gasteiger partial charge in [0.05, 0.1) is 0 Å². The van der Waals surface area contributed by atoms with Gasteiger partial charge in [-0.3, -0.25) is 9.48 Å². The van der Waals surface area contributed by atoms with E-state index < -0.39 is 12.5 Å². The van der Waals surface area contributed by atoms with Crippen LogP contribution in [0, 0.1) is 6.92 Å². The third-order valence-corrected chi connectivity index (χ3v) is 3.86.